The molecule has 0 bridgehead atoms. The van der Waals surface area contributed by atoms with Crippen molar-refractivity contribution in [1.82, 2.24) is 5.43 Å². The van der Waals surface area contributed by atoms with E-state index < -0.39 is 6.10 Å². The molecular weight excluding hydrogens is 228 g/mol. The number of amides is 1. The Morgan fingerprint density at radius 2 is 2.00 bits per heavy atom. The third-order valence-corrected chi connectivity index (χ3v) is 2.27. The van der Waals surface area contributed by atoms with Crippen LogP contribution in [0, 0.1) is 5.92 Å². The first-order valence-corrected chi connectivity index (χ1v) is 6.12. The summed E-state index contributed by atoms with van der Waals surface area (Å²) in [5.41, 5.74) is 2.46. The summed E-state index contributed by atoms with van der Waals surface area (Å²) in [5, 5.41) is 3.87. The number of benzene rings is 1. The summed E-state index contributed by atoms with van der Waals surface area (Å²) >= 11 is 0. The van der Waals surface area contributed by atoms with Gasteiger partial charge in [0.25, 0.3) is 5.91 Å². The second-order valence-electron chi connectivity index (χ2n) is 4.49. The van der Waals surface area contributed by atoms with E-state index in [1.807, 2.05) is 30.3 Å². The van der Waals surface area contributed by atoms with Crippen LogP contribution in [0.4, 0.5) is 0 Å². The Labute approximate surface area is 108 Å². The number of nitrogens with one attached hydrogen (secondary N) is 1. The molecule has 4 heteroatoms. The average Bonchev–Trinajstić information content (AvgIpc) is 2.35. The van der Waals surface area contributed by atoms with Crippen LogP contribution in [-0.2, 0) is 4.79 Å². The maximum atomic E-state index is 11.6. The number of para-hydroxylation sites is 1. The van der Waals surface area contributed by atoms with Gasteiger partial charge >= 0.3 is 0 Å². The largest absolute Gasteiger partial charge is 0.481 e. The molecule has 0 saturated carbocycles. The van der Waals surface area contributed by atoms with Crippen LogP contribution in [0.3, 0.4) is 0 Å². The molecule has 1 amide bonds. The fourth-order valence-electron chi connectivity index (χ4n) is 1.22. The monoisotopic (exact) mass is 248 g/mol. The van der Waals surface area contributed by atoms with Crippen molar-refractivity contribution < 1.29 is 9.53 Å². The van der Waals surface area contributed by atoms with E-state index >= 15 is 0 Å². The van der Waals surface area contributed by atoms with E-state index in [0.717, 1.165) is 6.42 Å². The quantitative estimate of drug-likeness (QED) is 0.621. The molecule has 0 saturated heterocycles. The van der Waals surface area contributed by atoms with Crippen LogP contribution in [0.15, 0.2) is 35.4 Å². The Bertz CT molecular complexity index is 388. The van der Waals surface area contributed by atoms with Gasteiger partial charge in [-0.15, -0.1) is 0 Å². The molecular formula is C14H20N2O2. The molecule has 4 nitrogen and oxygen atoms in total. The van der Waals surface area contributed by atoms with E-state index in [4.69, 9.17) is 4.74 Å². The van der Waals surface area contributed by atoms with Gasteiger partial charge < -0.3 is 4.74 Å². The molecule has 98 valence electrons. The fraction of sp³-hybridized carbons (Fsp3) is 0.429. The number of hydrogen-bond donors (Lipinski definition) is 1. The Kier molecular flexibility index (Phi) is 5.91. The molecule has 18 heavy (non-hydrogen) atoms. The SMILES string of the molecule is CC(C)CC=NNC(=O)[C@@H](C)Oc1ccccc1. The number of carbonyl (C=O) groups is 1. The molecule has 0 radical (unpaired) electrons. The van der Waals surface area contributed by atoms with Gasteiger partial charge in [0.2, 0.25) is 0 Å². The summed E-state index contributed by atoms with van der Waals surface area (Å²) in [7, 11) is 0. The van der Waals surface area contributed by atoms with Gasteiger partial charge in [0, 0.05) is 6.21 Å². The minimum absolute atomic E-state index is 0.251. The zero-order valence-corrected chi connectivity index (χ0v) is 11.1. The lowest BCUT2D eigenvalue weighted by Gasteiger charge is -2.12. The predicted octanol–water partition coefficient (Wildman–Crippen LogP) is 2.60. The van der Waals surface area contributed by atoms with Crippen molar-refractivity contribution in [3.63, 3.8) is 0 Å². The summed E-state index contributed by atoms with van der Waals surface area (Å²) in [6, 6.07) is 9.24. The lowest BCUT2D eigenvalue weighted by atomic mass is 10.2. The van der Waals surface area contributed by atoms with E-state index in [2.05, 4.69) is 24.4 Å². The molecule has 1 aromatic rings. The van der Waals surface area contributed by atoms with Crippen molar-refractivity contribution in [2.45, 2.75) is 33.3 Å². The first kappa shape index (κ1) is 14.2. The van der Waals surface area contributed by atoms with Crippen LogP contribution in [0.25, 0.3) is 0 Å². The molecule has 1 rings (SSSR count). The predicted molar refractivity (Wildman–Crippen MR) is 72.6 cm³/mol. The molecule has 1 N–H and O–H groups in total. The summed E-state index contributed by atoms with van der Waals surface area (Å²) in [6.45, 7) is 5.88. The lowest BCUT2D eigenvalue weighted by Crippen LogP contribution is -2.33. The number of hydrazone groups is 1. The molecule has 0 aliphatic heterocycles. The van der Waals surface area contributed by atoms with Gasteiger partial charge in [-0.05, 0) is 31.4 Å². The fourth-order valence-corrected chi connectivity index (χ4v) is 1.22. The number of hydrogen-bond acceptors (Lipinski definition) is 3. The topological polar surface area (TPSA) is 50.7 Å². The van der Waals surface area contributed by atoms with Crippen molar-refractivity contribution in [2.75, 3.05) is 0 Å². The zero-order chi connectivity index (χ0) is 13.4. The van der Waals surface area contributed by atoms with Crippen molar-refractivity contribution in [3.05, 3.63) is 30.3 Å². The van der Waals surface area contributed by atoms with Crippen molar-refractivity contribution in [3.8, 4) is 5.75 Å². The average molecular weight is 248 g/mol. The normalized spacial score (nSPS) is 12.7. The Hall–Kier alpha value is -1.84. The third-order valence-electron chi connectivity index (χ3n) is 2.27. The van der Waals surface area contributed by atoms with Crippen LogP contribution in [0.2, 0.25) is 0 Å². The second kappa shape index (κ2) is 7.48. The summed E-state index contributed by atoms with van der Waals surface area (Å²) in [6.07, 6.45) is 1.98. The molecule has 0 heterocycles. The highest BCUT2D eigenvalue weighted by Crippen LogP contribution is 2.10. The number of nitrogens with zero attached hydrogens (tertiary/aromatic N) is 1. The first-order valence-electron chi connectivity index (χ1n) is 6.12. The summed E-state index contributed by atoms with van der Waals surface area (Å²) in [5.74, 6) is 0.953. The van der Waals surface area contributed by atoms with E-state index in [1.165, 1.54) is 0 Å². The Morgan fingerprint density at radius 1 is 1.33 bits per heavy atom. The molecule has 0 aliphatic rings. The minimum Gasteiger partial charge on any atom is -0.481 e. The summed E-state index contributed by atoms with van der Waals surface area (Å²) < 4.78 is 5.47. The van der Waals surface area contributed by atoms with Crippen LogP contribution in [0.5, 0.6) is 5.75 Å². The van der Waals surface area contributed by atoms with Crippen molar-refractivity contribution in [2.24, 2.45) is 11.0 Å². The highest BCUT2D eigenvalue weighted by molar-refractivity contribution is 5.81. The highest BCUT2D eigenvalue weighted by atomic mass is 16.5. The number of carbonyl (C=O) groups excluding carboxylic acids is 1. The zero-order valence-electron chi connectivity index (χ0n) is 11.1. The molecule has 0 spiro atoms. The molecule has 0 aliphatic carbocycles. The van der Waals surface area contributed by atoms with Gasteiger partial charge in [0.1, 0.15) is 5.75 Å². The van der Waals surface area contributed by atoms with Crippen LogP contribution in [-0.4, -0.2) is 18.2 Å². The lowest BCUT2D eigenvalue weighted by molar-refractivity contribution is -0.127. The maximum Gasteiger partial charge on any atom is 0.280 e. The highest BCUT2D eigenvalue weighted by Gasteiger charge is 2.13. The van der Waals surface area contributed by atoms with Crippen molar-refractivity contribution >= 4 is 12.1 Å². The van der Waals surface area contributed by atoms with Gasteiger partial charge in [0.15, 0.2) is 6.10 Å². The second-order valence-corrected chi connectivity index (χ2v) is 4.49. The smallest absolute Gasteiger partial charge is 0.280 e. The van der Waals surface area contributed by atoms with Gasteiger partial charge in [-0.2, -0.15) is 5.10 Å². The maximum absolute atomic E-state index is 11.6. The molecule has 0 aromatic heterocycles. The van der Waals surface area contributed by atoms with E-state index in [9.17, 15) is 4.79 Å². The minimum atomic E-state index is -0.566. The van der Waals surface area contributed by atoms with Crippen LogP contribution < -0.4 is 10.2 Å². The van der Waals surface area contributed by atoms with Gasteiger partial charge in [0.05, 0.1) is 0 Å². The van der Waals surface area contributed by atoms with E-state index in [1.54, 1.807) is 13.1 Å². The number of ether oxygens (including phenoxy) is 1. The molecule has 1 atom stereocenters. The standard InChI is InChI=1S/C14H20N2O2/c1-11(2)9-10-15-16-14(17)12(3)18-13-7-5-4-6-8-13/h4-8,10-12H,9H2,1-3H3,(H,16,17)/t12-/m1/s1. The van der Waals surface area contributed by atoms with Gasteiger partial charge in [-0.1, -0.05) is 32.0 Å². The van der Waals surface area contributed by atoms with E-state index in [0.29, 0.717) is 11.7 Å². The Balaban J connectivity index is 2.35. The first-order chi connectivity index (χ1) is 8.59. The molecule has 0 unspecified atom stereocenters. The van der Waals surface area contributed by atoms with Gasteiger partial charge in [-0.3, -0.25) is 4.79 Å². The number of rotatable bonds is 6. The van der Waals surface area contributed by atoms with Crippen molar-refractivity contribution in [1.29, 1.82) is 0 Å². The summed E-state index contributed by atoms with van der Waals surface area (Å²) in [4.78, 5) is 11.6. The Morgan fingerprint density at radius 3 is 2.61 bits per heavy atom. The van der Waals surface area contributed by atoms with Gasteiger partial charge in [-0.25, -0.2) is 5.43 Å². The van der Waals surface area contributed by atoms with E-state index in [-0.39, 0.29) is 5.91 Å². The third kappa shape index (κ3) is 5.48. The van der Waals surface area contributed by atoms with Crippen LogP contribution in [0.1, 0.15) is 27.2 Å². The van der Waals surface area contributed by atoms with Crippen LogP contribution >= 0.6 is 0 Å². The molecule has 0 fully saturated rings. The molecule has 1 aromatic carbocycles.